The van der Waals surface area contributed by atoms with Crippen LogP contribution in [-0.2, 0) is 6.54 Å². The molecule has 18 heavy (non-hydrogen) atoms. The SMILES string of the molecule is Cc1ccc(CNc2ccc([N+](=O)[O-])c(N)c2)s1. The Bertz CT molecular complexity index is 580. The summed E-state index contributed by atoms with van der Waals surface area (Å²) in [6.45, 7) is 2.74. The van der Waals surface area contributed by atoms with E-state index in [4.69, 9.17) is 5.73 Å². The Morgan fingerprint density at radius 3 is 2.72 bits per heavy atom. The van der Waals surface area contributed by atoms with Gasteiger partial charge in [-0.25, -0.2) is 0 Å². The van der Waals surface area contributed by atoms with E-state index in [2.05, 4.69) is 24.4 Å². The normalized spacial score (nSPS) is 10.3. The maximum absolute atomic E-state index is 10.6. The number of nitrogens with two attached hydrogens (primary N) is 1. The Balaban J connectivity index is 2.06. The second-order valence-corrected chi connectivity index (χ2v) is 5.27. The van der Waals surface area contributed by atoms with Crippen molar-refractivity contribution in [3.05, 3.63) is 50.2 Å². The van der Waals surface area contributed by atoms with Crippen molar-refractivity contribution in [1.29, 1.82) is 0 Å². The second kappa shape index (κ2) is 5.05. The molecule has 3 N–H and O–H groups in total. The summed E-state index contributed by atoms with van der Waals surface area (Å²) in [7, 11) is 0. The van der Waals surface area contributed by atoms with Crippen LogP contribution in [0.5, 0.6) is 0 Å². The van der Waals surface area contributed by atoms with Gasteiger partial charge in [0.15, 0.2) is 0 Å². The molecule has 0 amide bonds. The summed E-state index contributed by atoms with van der Waals surface area (Å²) >= 11 is 1.72. The van der Waals surface area contributed by atoms with Crippen molar-refractivity contribution in [1.82, 2.24) is 0 Å². The molecule has 0 aliphatic rings. The molecule has 0 bridgehead atoms. The molecule has 6 heteroatoms. The van der Waals surface area contributed by atoms with Gasteiger partial charge in [-0.1, -0.05) is 0 Å². The molecule has 0 saturated heterocycles. The second-order valence-electron chi connectivity index (χ2n) is 3.90. The van der Waals surface area contributed by atoms with E-state index in [0.717, 1.165) is 5.69 Å². The zero-order valence-electron chi connectivity index (χ0n) is 9.84. The molecule has 1 heterocycles. The average Bonchev–Trinajstić information content (AvgIpc) is 2.72. The molecule has 0 atom stereocenters. The van der Waals surface area contributed by atoms with E-state index in [1.165, 1.54) is 15.8 Å². The molecule has 0 aliphatic heterocycles. The van der Waals surface area contributed by atoms with Crippen LogP contribution in [0.25, 0.3) is 0 Å². The van der Waals surface area contributed by atoms with Crippen LogP contribution in [0.4, 0.5) is 17.1 Å². The van der Waals surface area contributed by atoms with Crippen LogP contribution < -0.4 is 11.1 Å². The van der Waals surface area contributed by atoms with Gasteiger partial charge in [0.2, 0.25) is 0 Å². The molecule has 2 aromatic rings. The van der Waals surface area contributed by atoms with E-state index in [1.807, 2.05) is 0 Å². The number of anilines is 2. The van der Waals surface area contributed by atoms with Gasteiger partial charge in [0.05, 0.1) is 4.92 Å². The van der Waals surface area contributed by atoms with Gasteiger partial charge in [-0.05, 0) is 31.2 Å². The largest absolute Gasteiger partial charge is 0.393 e. The summed E-state index contributed by atoms with van der Waals surface area (Å²) in [6, 6.07) is 8.78. The number of aryl methyl sites for hydroxylation is 1. The molecule has 0 aliphatic carbocycles. The third-order valence-corrected chi connectivity index (χ3v) is 3.49. The molecule has 5 nitrogen and oxygen atoms in total. The van der Waals surface area contributed by atoms with Crippen molar-refractivity contribution in [2.45, 2.75) is 13.5 Å². The van der Waals surface area contributed by atoms with Gasteiger partial charge in [-0.15, -0.1) is 11.3 Å². The monoisotopic (exact) mass is 263 g/mol. The van der Waals surface area contributed by atoms with Crippen molar-refractivity contribution < 1.29 is 4.92 Å². The van der Waals surface area contributed by atoms with Crippen LogP contribution in [-0.4, -0.2) is 4.92 Å². The van der Waals surface area contributed by atoms with E-state index < -0.39 is 4.92 Å². The highest BCUT2D eigenvalue weighted by Gasteiger charge is 2.10. The number of nitro groups is 1. The Hall–Kier alpha value is -2.08. The lowest BCUT2D eigenvalue weighted by atomic mass is 10.2. The number of nitrogens with zero attached hydrogens (tertiary/aromatic N) is 1. The highest BCUT2D eigenvalue weighted by Crippen LogP contribution is 2.25. The van der Waals surface area contributed by atoms with E-state index in [1.54, 1.807) is 23.5 Å². The lowest BCUT2D eigenvalue weighted by Gasteiger charge is -2.05. The van der Waals surface area contributed by atoms with Gasteiger partial charge in [-0.3, -0.25) is 10.1 Å². The minimum Gasteiger partial charge on any atom is -0.393 e. The molecule has 2 rings (SSSR count). The molecular weight excluding hydrogens is 250 g/mol. The molecule has 0 radical (unpaired) electrons. The summed E-state index contributed by atoms with van der Waals surface area (Å²) in [4.78, 5) is 12.6. The summed E-state index contributed by atoms with van der Waals surface area (Å²) in [5.74, 6) is 0. The standard InChI is InChI=1S/C12H13N3O2S/c1-8-2-4-10(18-8)7-14-9-3-5-12(15(16)17)11(13)6-9/h2-6,14H,7,13H2,1H3. The Morgan fingerprint density at radius 1 is 1.39 bits per heavy atom. The van der Waals surface area contributed by atoms with E-state index in [-0.39, 0.29) is 11.4 Å². The van der Waals surface area contributed by atoms with Crippen molar-refractivity contribution in [2.24, 2.45) is 0 Å². The van der Waals surface area contributed by atoms with Gasteiger partial charge in [0.25, 0.3) is 5.69 Å². The van der Waals surface area contributed by atoms with Gasteiger partial charge < -0.3 is 11.1 Å². The summed E-state index contributed by atoms with van der Waals surface area (Å²) in [5, 5.41) is 13.8. The lowest BCUT2D eigenvalue weighted by Crippen LogP contribution is -2.00. The molecular formula is C12H13N3O2S. The van der Waals surface area contributed by atoms with Crippen LogP contribution in [0.3, 0.4) is 0 Å². The van der Waals surface area contributed by atoms with Gasteiger partial charge in [0, 0.05) is 28.1 Å². The first-order chi connectivity index (χ1) is 8.56. The first-order valence-corrected chi connectivity index (χ1v) is 6.21. The first-order valence-electron chi connectivity index (χ1n) is 5.39. The fraction of sp³-hybridized carbons (Fsp3) is 0.167. The predicted molar refractivity (Wildman–Crippen MR) is 73.9 cm³/mol. The number of nitro benzene ring substituents is 1. The molecule has 0 spiro atoms. The summed E-state index contributed by atoms with van der Waals surface area (Å²) in [6.07, 6.45) is 0. The molecule has 0 saturated carbocycles. The highest BCUT2D eigenvalue weighted by molar-refractivity contribution is 7.11. The van der Waals surface area contributed by atoms with Crippen molar-refractivity contribution >= 4 is 28.4 Å². The van der Waals surface area contributed by atoms with Gasteiger partial charge in [-0.2, -0.15) is 0 Å². The van der Waals surface area contributed by atoms with Crippen LogP contribution in [0.2, 0.25) is 0 Å². The zero-order chi connectivity index (χ0) is 13.1. The van der Waals surface area contributed by atoms with Gasteiger partial charge >= 0.3 is 0 Å². The maximum Gasteiger partial charge on any atom is 0.292 e. The Labute approximate surface area is 108 Å². The smallest absolute Gasteiger partial charge is 0.292 e. The fourth-order valence-electron chi connectivity index (χ4n) is 1.60. The summed E-state index contributed by atoms with van der Waals surface area (Å²) < 4.78 is 0. The third kappa shape index (κ3) is 2.78. The topological polar surface area (TPSA) is 81.2 Å². The zero-order valence-corrected chi connectivity index (χ0v) is 10.7. The third-order valence-electron chi connectivity index (χ3n) is 2.49. The van der Waals surface area contributed by atoms with E-state index in [0.29, 0.717) is 6.54 Å². The van der Waals surface area contributed by atoms with E-state index >= 15 is 0 Å². The van der Waals surface area contributed by atoms with Crippen molar-refractivity contribution in [3.8, 4) is 0 Å². The fourth-order valence-corrected chi connectivity index (χ4v) is 2.43. The minimum atomic E-state index is -0.484. The van der Waals surface area contributed by atoms with Crippen LogP contribution in [0.15, 0.2) is 30.3 Å². The number of hydrogen-bond acceptors (Lipinski definition) is 5. The molecule has 94 valence electrons. The number of nitrogens with one attached hydrogen (secondary N) is 1. The quantitative estimate of drug-likeness (QED) is 0.504. The molecule has 1 aromatic heterocycles. The highest BCUT2D eigenvalue weighted by atomic mass is 32.1. The molecule has 0 unspecified atom stereocenters. The van der Waals surface area contributed by atoms with Crippen molar-refractivity contribution in [2.75, 3.05) is 11.1 Å². The van der Waals surface area contributed by atoms with E-state index in [9.17, 15) is 10.1 Å². The number of hydrogen-bond donors (Lipinski definition) is 2. The van der Waals surface area contributed by atoms with Crippen LogP contribution in [0.1, 0.15) is 9.75 Å². The predicted octanol–water partition coefficient (Wildman–Crippen LogP) is 3.16. The molecule has 1 aromatic carbocycles. The minimum absolute atomic E-state index is 0.0625. The number of rotatable bonds is 4. The molecule has 0 fully saturated rings. The number of thiophene rings is 1. The van der Waals surface area contributed by atoms with Gasteiger partial charge in [0.1, 0.15) is 5.69 Å². The number of nitrogen functional groups attached to an aromatic ring is 1. The summed E-state index contributed by atoms with van der Waals surface area (Å²) in [5.41, 5.74) is 6.51. The van der Waals surface area contributed by atoms with Crippen molar-refractivity contribution in [3.63, 3.8) is 0 Å². The first kappa shape index (κ1) is 12.4. The Morgan fingerprint density at radius 2 is 2.17 bits per heavy atom. The average molecular weight is 263 g/mol. The maximum atomic E-state index is 10.6. The number of benzene rings is 1. The Kier molecular flexibility index (Phi) is 3.47. The van der Waals surface area contributed by atoms with Crippen LogP contribution >= 0.6 is 11.3 Å². The van der Waals surface area contributed by atoms with Crippen LogP contribution in [0, 0.1) is 17.0 Å². The lowest BCUT2D eigenvalue weighted by molar-refractivity contribution is -0.383.